The second-order valence-electron chi connectivity index (χ2n) is 2.80. The minimum atomic E-state index is -1.26. The number of carboxylic acid groups (broad SMARTS) is 1. The molecule has 68 valence electrons. The lowest BCUT2D eigenvalue weighted by Crippen LogP contribution is -2.29. The van der Waals surface area contributed by atoms with E-state index in [0.29, 0.717) is 12.8 Å². The van der Waals surface area contributed by atoms with Crippen molar-refractivity contribution in [2.24, 2.45) is 0 Å². The summed E-state index contributed by atoms with van der Waals surface area (Å²) in [4.78, 5) is 10.3. The van der Waals surface area contributed by atoms with Crippen LogP contribution >= 0.6 is 0 Å². The minimum absolute atomic E-state index is 0.491. The lowest BCUT2D eigenvalue weighted by atomic mass is 9.98. The maximum atomic E-state index is 10.3. The molecule has 1 N–H and O–H groups in total. The first-order chi connectivity index (χ1) is 5.54. The van der Waals surface area contributed by atoms with Crippen molar-refractivity contribution in [3.63, 3.8) is 0 Å². The molecule has 0 unspecified atom stereocenters. The molecule has 0 atom stereocenters. The quantitative estimate of drug-likeness (QED) is 0.509. The van der Waals surface area contributed by atoms with Crippen molar-refractivity contribution >= 4 is 6.16 Å². The van der Waals surface area contributed by atoms with E-state index in [0.717, 1.165) is 0 Å². The molecule has 0 heterocycles. The Hall–Kier alpha value is -1.25. The topological polar surface area (TPSA) is 46.5 Å². The summed E-state index contributed by atoms with van der Waals surface area (Å²) in [7, 11) is 0. The van der Waals surface area contributed by atoms with Crippen LogP contribution in [0.5, 0.6) is 0 Å². The van der Waals surface area contributed by atoms with E-state index in [-0.39, 0.29) is 0 Å². The van der Waals surface area contributed by atoms with Crippen molar-refractivity contribution in [1.82, 2.24) is 0 Å². The fraction of sp³-hybridized carbons (Fsp3) is 0.444. The highest BCUT2D eigenvalue weighted by molar-refractivity contribution is 5.57. The van der Waals surface area contributed by atoms with Crippen LogP contribution in [0.1, 0.15) is 19.8 Å². The van der Waals surface area contributed by atoms with Crippen LogP contribution in [-0.4, -0.2) is 16.9 Å². The van der Waals surface area contributed by atoms with Gasteiger partial charge >= 0.3 is 6.16 Å². The molecule has 0 aliphatic heterocycles. The van der Waals surface area contributed by atoms with E-state index >= 15 is 0 Å². The van der Waals surface area contributed by atoms with Gasteiger partial charge in [0.2, 0.25) is 0 Å². The SMILES string of the molecule is C=CCC(C)(CC=C)OC(=O)O. The molecule has 0 radical (unpaired) electrons. The number of rotatable bonds is 5. The molecule has 0 aromatic carbocycles. The summed E-state index contributed by atoms with van der Waals surface area (Å²) < 4.78 is 4.69. The van der Waals surface area contributed by atoms with Crippen molar-refractivity contribution in [2.75, 3.05) is 0 Å². The van der Waals surface area contributed by atoms with Gasteiger partial charge in [-0.2, -0.15) is 0 Å². The van der Waals surface area contributed by atoms with Gasteiger partial charge in [0.15, 0.2) is 0 Å². The Kier molecular flexibility index (Phi) is 4.11. The van der Waals surface area contributed by atoms with Crippen molar-refractivity contribution in [3.05, 3.63) is 25.3 Å². The molecule has 0 aromatic heterocycles. The van der Waals surface area contributed by atoms with Gasteiger partial charge in [0.25, 0.3) is 0 Å². The van der Waals surface area contributed by atoms with E-state index in [4.69, 9.17) is 9.84 Å². The summed E-state index contributed by atoms with van der Waals surface area (Å²) in [6.45, 7) is 8.77. The maximum absolute atomic E-state index is 10.3. The Morgan fingerprint density at radius 1 is 1.50 bits per heavy atom. The van der Waals surface area contributed by atoms with E-state index in [1.54, 1.807) is 19.1 Å². The third-order valence-electron chi connectivity index (χ3n) is 1.49. The van der Waals surface area contributed by atoms with Crippen LogP contribution in [-0.2, 0) is 4.74 Å². The van der Waals surface area contributed by atoms with Crippen LogP contribution in [0.25, 0.3) is 0 Å². The smallest absolute Gasteiger partial charge is 0.450 e. The predicted octanol–water partition coefficient (Wildman–Crippen LogP) is 2.59. The summed E-state index contributed by atoms with van der Waals surface area (Å²) >= 11 is 0. The lowest BCUT2D eigenvalue weighted by Gasteiger charge is -2.25. The molecule has 0 aromatic rings. The molecule has 0 saturated carbocycles. The van der Waals surface area contributed by atoms with Crippen LogP contribution < -0.4 is 0 Å². The molecule has 3 nitrogen and oxygen atoms in total. The monoisotopic (exact) mass is 170 g/mol. The summed E-state index contributed by atoms with van der Waals surface area (Å²) in [6, 6.07) is 0. The highest BCUT2D eigenvalue weighted by atomic mass is 16.7. The van der Waals surface area contributed by atoms with Gasteiger partial charge in [-0.1, -0.05) is 12.2 Å². The molecule has 0 bridgehead atoms. The van der Waals surface area contributed by atoms with Gasteiger partial charge in [-0.05, 0) is 6.92 Å². The average molecular weight is 170 g/mol. The van der Waals surface area contributed by atoms with E-state index in [2.05, 4.69) is 13.2 Å². The van der Waals surface area contributed by atoms with E-state index < -0.39 is 11.8 Å². The Bertz CT molecular complexity index is 174. The molecule has 0 amide bonds. The average Bonchev–Trinajstić information content (AvgIpc) is 1.85. The molecule has 3 heteroatoms. The first-order valence-electron chi connectivity index (χ1n) is 3.68. The molecule has 12 heavy (non-hydrogen) atoms. The predicted molar refractivity (Wildman–Crippen MR) is 47.1 cm³/mol. The standard InChI is InChI=1S/C9H14O3/c1-4-6-9(3,7-5-2)12-8(10)11/h4-5H,1-2,6-7H2,3H3,(H,10,11). The van der Waals surface area contributed by atoms with Gasteiger partial charge in [0.05, 0.1) is 0 Å². The zero-order chi connectivity index (χ0) is 9.61. The number of ether oxygens (including phenoxy) is 1. The maximum Gasteiger partial charge on any atom is 0.506 e. The zero-order valence-electron chi connectivity index (χ0n) is 7.25. The van der Waals surface area contributed by atoms with Crippen LogP contribution in [0.3, 0.4) is 0 Å². The van der Waals surface area contributed by atoms with Gasteiger partial charge in [0, 0.05) is 12.8 Å². The van der Waals surface area contributed by atoms with Gasteiger partial charge in [-0.3, -0.25) is 0 Å². The first-order valence-corrected chi connectivity index (χ1v) is 3.68. The van der Waals surface area contributed by atoms with E-state index in [1.807, 2.05) is 0 Å². The van der Waals surface area contributed by atoms with Crippen molar-refractivity contribution in [3.8, 4) is 0 Å². The van der Waals surface area contributed by atoms with Gasteiger partial charge in [-0.25, -0.2) is 4.79 Å². The molecule has 0 fully saturated rings. The zero-order valence-corrected chi connectivity index (χ0v) is 7.25. The van der Waals surface area contributed by atoms with Crippen LogP contribution in [0, 0.1) is 0 Å². The third-order valence-corrected chi connectivity index (χ3v) is 1.49. The van der Waals surface area contributed by atoms with Crippen LogP contribution in [0.15, 0.2) is 25.3 Å². The Balaban J connectivity index is 4.25. The molecule has 0 spiro atoms. The summed E-state index contributed by atoms with van der Waals surface area (Å²) in [6.07, 6.45) is 2.98. The molecule has 0 aliphatic carbocycles. The second-order valence-corrected chi connectivity index (χ2v) is 2.80. The third kappa shape index (κ3) is 3.81. The van der Waals surface area contributed by atoms with Gasteiger partial charge in [-0.15, -0.1) is 13.2 Å². The van der Waals surface area contributed by atoms with Crippen LogP contribution in [0.4, 0.5) is 4.79 Å². The fourth-order valence-electron chi connectivity index (χ4n) is 0.988. The summed E-state index contributed by atoms with van der Waals surface area (Å²) in [5.74, 6) is 0. The fourth-order valence-corrected chi connectivity index (χ4v) is 0.988. The Morgan fingerprint density at radius 2 is 1.92 bits per heavy atom. The van der Waals surface area contributed by atoms with Crippen LogP contribution in [0.2, 0.25) is 0 Å². The van der Waals surface area contributed by atoms with Gasteiger partial charge in [0.1, 0.15) is 5.60 Å². The first kappa shape index (κ1) is 10.8. The number of carbonyl (C=O) groups is 1. The molecule has 0 saturated heterocycles. The second kappa shape index (κ2) is 4.59. The minimum Gasteiger partial charge on any atom is -0.450 e. The molecular weight excluding hydrogens is 156 g/mol. The number of hydrogen-bond acceptors (Lipinski definition) is 2. The van der Waals surface area contributed by atoms with Crippen molar-refractivity contribution < 1.29 is 14.6 Å². The molecule has 0 rings (SSSR count). The normalized spacial score (nSPS) is 10.4. The van der Waals surface area contributed by atoms with Crippen molar-refractivity contribution in [2.45, 2.75) is 25.4 Å². The summed E-state index contributed by atoms with van der Waals surface area (Å²) in [5.41, 5.74) is -0.713. The number of hydrogen-bond donors (Lipinski definition) is 1. The Morgan fingerprint density at radius 3 is 2.17 bits per heavy atom. The van der Waals surface area contributed by atoms with E-state index in [9.17, 15) is 4.79 Å². The largest absolute Gasteiger partial charge is 0.506 e. The highest BCUT2D eigenvalue weighted by Crippen LogP contribution is 2.21. The lowest BCUT2D eigenvalue weighted by molar-refractivity contribution is -0.00381. The van der Waals surface area contributed by atoms with E-state index in [1.165, 1.54) is 0 Å². The molecular formula is C9H14O3. The highest BCUT2D eigenvalue weighted by Gasteiger charge is 2.25. The van der Waals surface area contributed by atoms with Gasteiger partial charge < -0.3 is 9.84 Å². The van der Waals surface area contributed by atoms with Crippen molar-refractivity contribution in [1.29, 1.82) is 0 Å². The summed E-state index contributed by atoms with van der Waals surface area (Å²) in [5, 5.41) is 8.41. The Labute approximate surface area is 72.3 Å². The molecule has 0 aliphatic rings.